The number of nitrogens with one attached hydrogen (secondary N) is 1. The molecule has 3 rings (SSSR count). The van der Waals surface area contributed by atoms with E-state index in [2.05, 4.69) is 14.9 Å². The van der Waals surface area contributed by atoms with E-state index in [-0.39, 0.29) is 5.92 Å². The molecule has 2 aromatic heterocycles. The molecule has 1 N–H and O–H groups in total. The van der Waals surface area contributed by atoms with E-state index in [0.717, 1.165) is 16.9 Å². The van der Waals surface area contributed by atoms with Gasteiger partial charge in [-0.05, 0) is 42.8 Å². The van der Waals surface area contributed by atoms with Gasteiger partial charge in [-0.1, -0.05) is 25.9 Å². The minimum absolute atomic E-state index is 0.183. The van der Waals surface area contributed by atoms with Gasteiger partial charge in [-0.3, -0.25) is 4.72 Å². The summed E-state index contributed by atoms with van der Waals surface area (Å²) in [5.41, 5.74) is 1.23. The van der Waals surface area contributed by atoms with E-state index in [4.69, 9.17) is 4.52 Å². The third-order valence-corrected chi connectivity index (χ3v) is 6.70. The third kappa shape index (κ3) is 3.91. The first-order chi connectivity index (χ1) is 11.9. The molecule has 0 unspecified atom stereocenters. The van der Waals surface area contributed by atoms with Crippen molar-refractivity contribution in [2.75, 3.05) is 4.72 Å². The average molecular weight is 377 g/mol. The van der Waals surface area contributed by atoms with Crippen LogP contribution in [0.5, 0.6) is 0 Å². The van der Waals surface area contributed by atoms with Crippen LogP contribution in [0.4, 0.5) is 5.69 Å². The number of hydrogen-bond acceptors (Lipinski definition) is 6. The molecule has 0 aliphatic carbocycles. The highest BCUT2D eigenvalue weighted by atomic mass is 32.2. The van der Waals surface area contributed by atoms with Crippen LogP contribution < -0.4 is 4.72 Å². The Morgan fingerprint density at radius 2 is 1.88 bits per heavy atom. The molecule has 0 fully saturated rings. The number of anilines is 1. The molecule has 6 nitrogen and oxygen atoms in total. The van der Waals surface area contributed by atoms with Crippen molar-refractivity contribution in [2.24, 2.45) is 0 Å². The van der Waals surface area contributed by atoms with Gasteiger partial charge in [-0.15, -0.1) is 11.3 Å². The normalized spacial score (nSPS) is 11.8. The van der Waals surface area contributed by atoms with Crippen LogP contribution in [0.15, 0.2) is 45.1 Å². The number of aryl methyl sites for hydroxylation is 1. The van der Waals surface area contributed by atoms with Crippen LogP contribution in [-0.2, 0) is 16.4 Å². The summed E-state index contributed by atoms with van der Waals surface area (Å²) >= 11 is 1.28. The topological polar surface area (TPSA) is 85.1 Å². The summed E-state index contributed by atoms with van der Waals surface area (Å²) in [7, 11) is -3.57. The van der Waals surface area contributed by atoms with Crippen LogP contribution in [-0.4, -0.2) is 18.6 Å². The van der Waals surface area contributed by atoms with Crippen LogP contribution in [0.25, 0.3) is 11.5 Å². The van der Waals surface area contributed by atoms with Crippen molar-refractivity contribution in [2.45, 2.75) is 37.3 Å². The number of hydrogen-bond donors (Lipinski definition) is 1. The van der Waals surface area contributed by atoms with Gasteiger partial charge in [0.2, 0.25) is 0 Å². The van der Waals surface area contributed by atoms with Gasteiger partial charge in [0, 0.05) is 22.0 Å². The number of benzene rings is 1. The number of aromatic nitrogens is 2. The predicted molar refractivity (Wildman–Crippen MR) is 98.3 cm³/mol. The molecule has 3 aromatic rings. The standard InChI is InChI=1S/C17H19N3O3S2/c1-4-14-9-10-15(24-14)25(21,22)20-13-7-5-12(6-8-13)17-18-16(11(2)3)19-23-17/h5-11,20H,4H2,1-3H3. The highest BCUT2D eigenvalue weighted by molar-refractivity contribution is 7.94. The maximum Gasteiger partial charge on any atom is 0.271 e. The molecule has 1 aromatic carbocycles. The number of thiophene rings is 1. The summed E-state index contributed by atoms with van der Waals surface area (Å²) in [6.07, 6.45) is 0.817. The zero-order valence-electron chi connectivity index (χ0n) is 14.2. The lowest BCUT2D eigenvalue weighted by molar-refractivity contribution is 0.419. The van der Waals surface area contributed by atoms with Crippen LogP contribution in [0.2, 0.25) is 0 Å². The van der Waals surface area contributed by atoms with Crippen LogP contribution in [0.1, 0.15) is 37.4 Å². The molecule has 0 atom stereocenters. The largest absolute Gasteiger partial charge is 0.334 e. The predicted octanol–water partition coefficient (Wildman–Crippen LogP) is 4.28. The third-order valence-electron chi connectivity index (χ3n) is 3.59. The lowest BCUT2D eigenvalue weighted by Crippen LogP contribution is -2.11. The Labute approximate surface area is 151 Å². The van der Waals surface area contributed by atoms with Gasteiger partial charge in [0.15, 0.2) is 5.82 Å². The SMILES string of the molecule is CCc1ccc(S(=O)(=O)Nc2ccc(-c3nc(C(C)C)no3)cc2)s1. The molecule has 25 heavy (non-hydrogen) atoms. The van der Waals surface area contributed by atoms with E-state index in [0.29, 0.717) is 21.6 Å². The maximum atomic E-state index is 12.4. The minimum atomic E-state index is -3.57. The van der Waals surface area contributed by atoms with Crippen molar-refractivity contribution in [1.82, 2.24) is 10.1 Å². The van der Waals surface area contributed by atoms with Gasteiger partial charge in [0.25, 0.3) is 15.9 Å². The van der Waals surface area contributed by atoms with E-state index in [1.807, 2.05) is 26.8 Å². The second-order valence-electron chi connectivity index (χ2n) is 5.87. The number of sulfonamides is 1. The second-order valence-corrected chi connectivity index (χ2v) is 8.95. The van der Waals surface area contributed by atoms with Crippen molar-refractivity contribution in [3.63, 3.8) is 0 Å². The average Bonchev–Trinajstić information content (AvgIpc) is 3.25. The Balaban J connectivity index is 1.77. The van der Waals surface area contributed by atoms with E-state index in [9.17, 15) is 8.42 Å². The second kappa shape index (κ2) is 6.97. The molecule has 0 aliphatic heterocycles. The highest BCUT2D eigenvalue weighted by Crippen LogP contribution is 2.26. The molecular weight excluding hydrogens is 358 g/mol. The van der Waals surface area contributed by atoms with Crippen LogP contribution in [0.3, 0.4) is 0 Å². The number of nitrogens with zero attached hydrogens (tertiary/aromatic N) is 2. The summed E-state index contributed by atoms with van der Waals surface area (Å²) in [4.78, 5) is 5.36. The first kappa shape index (κ1) is 17.6. The highest BCUT2D eigenvalue weighted by Gasteiger charge is 2.17. The van der Waals surface area contributed by atoms with E-state index in [1.54, 1.807) is 30.3 Å². The molecule has 0 saturated heterocycles. The van der Waals surface area contributed by atoms with Gasteiger partial charge in [-0.25, -0.2) is 8.42 Å². The minimum Gasteiger partial charge on any atom is -0.334 e. The van der Waals surface area contributed by atoms with Crippen molar-refractivity contribution in [3.05, 3.63) is 47.1 Å². The maximum absolute atomic E-state index is 12.4. The Hall–Kier alpha value is -2.19. The Bertz CT molecular complexity index is 957. The molecule has 0 spiro atoms. The fraction of sp³-hybridized carbons (Fsp3) is 0.294. The van der Waals surface area contributed by atoms with Crippen LogP contribution >= 0.6 is 11.3 Å². The van der Waals surface area contributed by atoms with Crippen molar-refractivity contribution in [1.29, 1.82) is 0 Å². The Morgan fingerprint density at radius 3 is 2.44 bits per heavy atom. The first-order valence-electron chi connectivity index (χ1n) is 7.94. The van der Waals surface area contributed by atoms with Crippen molar-refractivity contribution in [3.8, 4) is 11.5 Å². The molecule has 0 amide bonds. The zero-order chi connectivity index (χ0) is 18.0. The molecule has 0 bridgehead atoms. The van der Waals surface area contributed by atoms with E-state index >= 15 is 0 Å². The molecular formula is C17H19N3O3S2. The van der Waals surface area contributed by atoms with E-state index in [1.165, 1.54) is 11.3 Å². The van der Waals surface area contributed by atoms with Gasteiger partial charge in [-0.2, -0.15) is 4.98 Å². The molecule has 132 valence electrons. The fourth-order valence-corrected chi connectivity index (χ4v) is 4.52. The monoisotopic (exact) mass is 377 g/mol. The molecule has 2 heterocycles. The van der Waals surface area contributed by atoms with E-state index < -0.39 is 10.0 Å². The summed E-state index contributed by atoms with van der Waals surface area (Å²) < 4.78 is 33.0. The molecule has 0 saturated carbocycles. The fourth-order valence-electron chi connectivity index (χ4n) is 2.17. The quantitative estimate of drug-likeness (QED) is 0.693. The molecule has 8 heteroatoms. The summed E-state index contributed by atoms with van der Waals surface area (Å²) in [6.45, 7) is 5.97. The van der Waals surface area contributed by atoms with Crippen molar-refractivity contribution < 1.29 is 12.9 Å². The summed E-state index contributed by atoms with van der Waals surface area (Å²) in [6, 6.07) is 10.3. The first-order valence-corrected chi connectivity index (χ1v) is 10.2. The van der Waals surface area contributed by atoms with Gasteiger partial charge in [0.05, 0.1) is 0 Å². The van der Waals surface area contributed by atoms with Crippen LogP contribution in [0, 0.1) is 0 Å². The zero-order valence-corrected chi connectivity index (χ0v) is 15.8. The van der Waals surface area contributed by atoms with Gasteiger partial charge < -0.3 is 4.52 Å². The Morgan fingerprint density at radius 1 is 1.16 bits per heavy atom. The number of rotatable bonds is 6. The smallest absolute Gasteiger partial charge is 0.271 e. The lowest BCUT2D eigenvalue weighted by atomic mass is 10.2. The summed E-state index contributed by atoms with van der Waals surface area (Å²) in [5, 5.41) is 3.93. The van der Waals surface area contributed by atoms with Gasteiger partial charge in [0.1, 0.15) is 4.21 Å². The lowest BCUT2D eigenvalue weighted by Gasteiger charge is -2.06. The van der Waals surface area contributed by atoms with Crippen molar-refractivity contribution >= 4 is 27.0 Å². The molecule has 0 aliphatic rings. The Kier molecular flexibility index (Phi) is 4.91. The molecule has 0 radical (unpaired) electrons. The van der Waals surface area contributed by atoms with Gasteiger partial charge >= 0.3 is 0 Å². The summed E-state index contributed by atoms with van der Waals surface area (Å²) in [5.74, 6) is 1.25.